The number of aromatic nitrogens is 2. The molecule has 8 nitrogen and oxygen atoms in total. The number of anilines is 1. The summed E-state index contributed by atoms with van der Waals surface area (Å²) in [6, 6.07) is 6.64. The van der Waals surface area contributed by atoms with Crippen molar-refractivity contribution in [2.75, 3.05) is 18.5 Å². The van der Waals surface area contributed by atoms with Crippen LogP contribution in [0.5, 0.6) is 5.75 Å². The van der Waals surface area contributed by atoms with Gasteiger partial charge >= 0.3 is 5.97 Å². The van der Waals surface area contributed by atoms with E-state index < -0.39 is 5.97 Å². The van der Waals surface area contributed by atoms with Gasteiger partial charge in [0, 0.05) is 23.2 Å². The average Bonchev–Trinajstić information content (AvgIpc) is 3.15. The lowest BCUT2D eigenvalue weighted by Gasteiger charge is -2.11. The van der Waals surface area contributed by atoms with Crippen molar-refractivity contribution in [2.45, 2.75) is 13.5 Å². The van der Waals surface area contributed by atoms with Crippen LogP contribution in [0, 0.1) is 0 Å². The number of esters is 1. The maximum absolute atomic E-state index is 12.7. The van der Waals surface area contributed by atoms with Crippen LogP contribution in [-0.4, -0.2) is 34.6 Å². The van der Waals surface area contributed by atoms with Crippen LogP contribution < -0.4 is 15.6 Å². The molecular formula is C18H17N3O5S. The van der Waals surface area contributed by atoms with Gasteiger partial charge in [0.25, 0.3) is 5.56 Å². The maximum atomic E-state index is 12.7. The van der Waals surface area contributed by atoms with Crippen molar-refractivity contribution >= 4 is 39.1 Å². The van der Waals surface area contributed by atoms with E-state index in [1.54, 1.807) is 42.8 Å². The molecule has 140 valence electrons. The fraction of sp³-hybridized carbons (Fsp3) is 0.222. The van der Waals surface area contributed by atoms with E-state index in [2.05, 4.69) is 10.3 Å². The molecule has 0 aliphatic rings. The minimum absolute atomic E-state index is 0.137. The maximum Gasteiger partial charge on any atom is 0.344 e. The molecule has 3 rings (SSSR count). The molecule has 2 heterocycles. The summed E-state index contributed by atoms with van der Waals surface area (Å²) in [7, 11) is 0. The van der Waals surface area contributed by atoms with Crippen molar-refractivity contribution in [3.05, 3.63) is 52.4 Å². The molecule has 0 atom stereocenters. The molecule has 0 bridgehead atoms. The minimum Gasteiger partial charge on any atom is -0.481 e. The first kappa shape index (κ1) is 18.6. The number of amides is 1. The fourth-order valence-electron chi connectivity index (χ4n) is 2.48. The molecule has 0 unspecified atom stereocenters. The molecule has 1 aromatic carbocycles. The molecule has 3 aromatic rings. The molecule has 0 aliphatic carbocycles. The molecule has 2 aromatic heterocycles. The predicted octanol–water partition coefficient (Wildman–Crippen LogP) is 2.04. The van der Waals surface area contributed by atoms with Gasteiger partial charge in [0.1, 0.15) is 12.3 Å². The first-order valence-electron chi connectivity index (χ1n) is 8.18. The van der Waals surface area contributed by atoms with Gasteiger partial charge in [-0.05, 0) is 25.1 Å². The molecule has 0 radical (unpaired) electrons. The van der Waals surface area contributed by atoms with Crippen LogP contribution in [0.2, 0.25) is 0 Å². The molecule has 1 N–H and O–H groups in total. The topological polar surface area (TPSA) is 99.5 Å². The zero-order valence-electron chi connectivity index (χ0n) is 14.5. The minimum atomic E-state index is -0.485. The highest BCUT2D eigenvalue weighted by atomic mass is 32.1. The average molecular weight is 387 g/mol. The quantitative estimate of drug-likeness (QED) is 0.623. The third-order valence-electron chi connectivity index (χ3n) is 3.62. The molecular weight excluding hydrogens is 370 g/mol. The van der Waals surface area contributed by atoms with Crippen LogP contribution in [0.15, 0.2) is 46.8 Å². The third-order valence-corrected chi connectivity index (χ3v) is 4.31. The number of hydrogen-bond donors (Lipinski definition) is 1. The van der Waals surface area contributed by atoms with Crippen molar-refractivity contribution < 1.29 is 19.1 Å². The Balaban J connectivity index is 1.79. The Kier molecular flexibility index (Phi) is 5.82. The second kappa shape index (κ2) is 8.45. The first-order chi connectivity index (χ1) is 13.1. The number of carbonyl (C=O) groups is 2. The van der Waals surface area contributed by atoms with Crippen LogP contribution in [0.4, 0.5) is 5.13 Å². The molecule has 0 fully saturated rings. The molecule has 0 saturated carbocycles. The number of hydrogen-bond acceptors (Lipinski definition) is 7. The van der Waals surface area contributed by atoms with Crippen molar-refractivity contribution in [2.24, 2.45) is 0 Å². The summed E-state index contributed by atoms with van der Waals surface area (Å²) in [5.74, 6) is -0.431. The van der Waals surface area contributed by atoms with Crippen molar-refractivity contribution in [1.82, 2.24) is 9.55 Å². The van der Waals surface area contributed by atoms with Crippen LogP contribution in [-0.2, 0) is 20.9 Å². The van der Waals surface area contributed by atoms with Crippen molar-refractivity contribution in [3.8, 4) is 5.75 Å². The second-order valence-electron chi connectivity index (χ2n) is 5.45. The van der Waals surface area contributed by atoms with E-state index >= 15 is 0 Å². The number of fused-ring (bicyclic) bond motifs is 1. The van der Waals surface area contributed by atoms with Gasteiger partial charge in [0.05, 0.1) is 12.0 Å². The van der Waals surface area contributed by atoms with E-state index in [1.807, 2.05) is 0 Å². The largest absolute Gasteiger partial charge is 0.481 e. The lowest BCUT2D eigenvalue weighted by atomic mass is 10.1. The van der Waals surface area contributed by atoms with E-state index in [0.717, 1.165) is 0 Å². The zero-order chi connectivity index (χ0) is 19.2. The Labute approximate surface area is 158 Å². The lowest BCUT2D eigenvalue weighted by molar-refractivity contribution is -0.145. The molecule has 1 amide bonds. The third kappa shape index (κ3) is 4.50. The molecule has 0 spiro atoms. The highest BCUT2D eigenvalue weighted by Gasteiger charge is 2.12. The Morgan fingerprint density at radius 2 is 2.11 bits per heavy atom. The SMILES string of the molecule is CCOC(=O)COc1cccc2c(=O)n(CC(=O)Nc3nccs3)ccc12. The van der Waals surface area contributed by atoms with Crippen LogP contribution >= 0.6 is 11.3 Å². The molecule has 0 saturated heterocycles. The Morgan fingerprint density at radius 3 is 2.85 bits per heavy atom. The van der Waals surface area contributed by atoms with Gasteiger partial charge in [-0.25, -0.2) is 9.78 Å². The summed E-state index contributed by atoms with van der Waals surface area (Å²) in [6.07, 6.45) is 3.10. The summed E-state index contributed by atoms with van der Waals surface area (Å²) in [6.45, 7) is 1.60. The fourth-order valence-corrected chi connectivity index (χ4v) is 3.02. The van der Waals surface area contributed by atoms with Gasteiger partial charge in [-0.15, -0.1) is 11.3 Å². The Bertz CT molecular complexity index is 1010. The van der Waals surface area contributed by atoms with E-state index in [9.17, 15) is 14.4 Å². The van der Waals surface area contributed by atoms with Gasteiger partial charge in [-0.1, -0.05) is 6.07 Å². The van der Waals surface area contributed by atoms with Gasteiger partial charge in [0.15, 0.2) is 11.7 Å². The van der Waals surface area contributed by atoms with Crippen molar-refractivity contribution in [3.63, 3.8) is 0 Å². The Hall–Kier alpha value is -3.20. The van der Waals surface area contributed by atoms with E-state index in [1.165, 1.54) is 22.1 Å². The number of pyridine rings is 1. The highest BCUT2D eigenvalue weighted by molar-refractivity contribution is 7.13. The zero-order valence-corrected chi connectivity index (χ0v) is 15.3. The van der Waals surface area contributed by atoms with Crippen LogP contribution in [0.25, 0.3) is 10.8 Å². The lowest BCUT2D eigenvalue weighted by Crippen LogP contribution is -2.27. The smallest absolute Gasteiger partial charge is 0.344 e. The van der Waals surface area contributed by atoms with Crippen LogP contribution in [0.3, 0.4) is 0 Å². The highest BCUT2D eigenvalue weighted by Crippen LogP contribution is 2.23. The summed E-state index contributed by atoms with van der Waals surface area (Å²) in [4.78, 5) is 40.2. The molecule has 27 heavy (non-hydrogen) atoms. The summed E-state index contributed by atoms with van der Waals surface area (Å²) in [5, 5.41) is 5.80. The number of thiazole rings is 1. The summed E-state index contributed by atoms with van der Waals surface area (Å²) >= 11 is 1.30. The number of benzene rings is 1. The van der Waals surface area contributed by atoms with E-state index in [4.69, 9.17) is 9.47 Å². The number of nitrogens with one attached hydrogen (secondary N) is 1. The summed E-state index contributed by atoms with van der Waals surface area (Å²) < 4.78 is 11.6. The molecule has 9 heteroatoms. The van der Waals surface area contributed by atoms with Crippen LogP contribution in [0.1, 0.15) is 6.92 Å². The van der Waals surface area contributed by atoms with Gasteiger partial charge in [0.2, 0.25) is 5.91 Å². The normalized spacial score (nSPS) is 10.6. The molecule has 0 aliphatic heterocycles. The second-order valence-corrected chi connectivity index (χ2v) is 6.34. The predicted molar refractivity (Wildman–Crippen MR) is 101 cm³/mol. The summed E-state index contributed by atoms with van der Waals surface area (Å²) in [5.41, 5.74) is -0.330. The number of carbonyl (C=O) groups excluding carboxylic acids is 2. The number of rotatable bonds is 7. The van der Waals surface area contributed by atoms with Gasteiger partial charge in [-0.3, -0.25) is 9.59 Å². The number of ether oxygens (including phenoxy) is 2. The van der Waals surface area contributed by atoms with Gasteiger partial charge in [-0.2, -0.15) is 0 Å². The van der Waals surface area contributed by atoms with Gasteiger partial charge < -0.3 is 19.4 Å². The standard InChI is InChI=1S/C18H17N3O5S/c1-2-25-16(23)11-26-14-5-3-4-13-12(14)6-8-21(17(13)24)10-15(22)20-18-19-7-9-27-18/h3-9H,2,10-11H2,1H3,(H,19,20,22). The van der Waals surface area contributed by atoms with Crippen molar-refractivity contribution in [1.29, 1.82) is 0 Å². The van der Waals surface area contributed by atoms with E-state index in [-0.39, 0.29) is 31.2 Å². The number of nitrogens with zero attached hydrogens (tertiary/aromatic N) is 2. The monoisotopic (exact) mass is 387 g/mol. The van der Waals surface area contributed by atoms with E-state index in [0.29, 0.717) is 21.7 Å². The Morgan fingerprint density at radius 1 is 1.26 bits per heavy atom. The first-order valence-corrected chi connectivity index (χ1v) is 9.06.